The SMILES string of the molecule is COc1ccccc1CC(=O)NCC1([NH+]2CCCCC2)CCCCC1. The zero-order valence-corrected chi connectivity index (χ0v) is 15.6. The van der Waals surface area contributed by atoms with Crippen LogP contribution in [0.5, 0.6) is 5.75 Å². The lowest BCUT2D eigenvalue weighted by Crippen LogP contribution is -3.22. The molecule has 2 N–H and O–H groups in total. The summed E-state index contributed by atoms with van der Waals surface area (Å²) in [5.41, 5.74) is 1.24. The van der Waals surface area contributed by atoms with Gasteiger partial charge in [0.15, 0.2) is 0 Å². The van der Waals surface area contributed by atoms with Crippen LogP contribution in [0.3, 0.4) is 0 Å². The van der Waals surface area contributed by atoms with Crippen LogP contribution in [0, 0.1) is 0 Å². The molecule has 0 unspecified atom stereocenters. The third-order valence-electron chi connectivity index (χ3n) is 6.19. The van der Waals surface area contributed by atoms with E-state index in [4.69, 9.17) is 4.74 Å². The predicted octanol–water partition coefficient (Wildman–Crippen LogP) is 2.13. The molecule has 1 aliphatic carbocycles. The molecule has 1 saturated carbocycles. The van der Waals surface area contributed by atoms with Gasteiger partial charge in [0.2, 0.25) is 5.91 Å². The zero-order valence-electron chi connectivity index (χ0n) is 15.6. The predicted molar refractivity (Wildman–Crippen MR) is 100 cm³/mol. The molecule has 0 radical (unpaired) electrons. The normalized spacial score (nSPS) is 20.8. The molecule has 2 aliphatic rings. The highest BCUT2D eigenvalue weighted by molar-refractivity contribution is 5.79. The minimum absolute atomic E-state index is 0.117. The molecule has 1 aliphatic heterocycles. The number of nitrogens with one attached hydrogen (secondary N) is 2. The Morgan fingerprint density at radius 1 is 1.08 bits per heavy atom. The molecule has 4 heteroatoms. The molecule has 0 atom stereocenters. The van der Waals surface area contributed by atoms with E-state index < -0.39 is 0 Å². The topological polar surface area (TPSA) is 42.8 Å². The summed E-state index contributed by atoms with van der Waals surface area (Å²) in [6, 6.07) is 7.80. The van der Waals surface area contributed by atoms with Crippen LogP contribution in [0.4, 0.5) is 0 Å². The molecular weight excluding hydrogens is 312 g/mol. The van der Waals surface area contributed by atoms with Crippen LogP contribution in [-0.2, 0) is 11.2 Å². The monoisotopic (exact) mass is 345 g/mol. The Morgan fingerprint density at radius 3 is 2.48 bits per heavy atom. The van der Waals surface area contributed by atoms with Gasteiger partial charge in [0, 0.05) is 18.4 Å². The van der Waals surface area contributed by atoms with E-state index in [1.54, 1.807) is 12.0 Å². The molecule has 1 amide bonds. The molecule has 0 bridgehead atoms. The molecular formula is C21H33N2O2+. The number of hydrogen-bond donors (Lipinski definition) is 2. The molecule has 1 saturated heterocycles. The van der Waals surface area contributed by atoms with Crippen molar-refractivity contribution < 1.29 is 14.4 Å². The molecule has 2 fully saturated rings. The number of methoxy groups -OCH3 is 1. The fourth-order valence-electron chi connectivity index (χ4n) is 4.75. The van der Waals surface area contributed by atoms with Crippen molar-refractivity contribution in [1.29, 1.82) is 0 Å². The number of benzene rings is 1. The number of piperidine rings is 1. The van der Waals surface area contributed by atoms with E-state index in [1.807, 2.05) is 24.3 Å². The second-order valence-electron chi connectivity index (χ2n) is 7.77. The summed E-state index contributed by atoms with van der Waals surface area (Å²) in [7, 11) is 1.66. The summed E-state index contributed by atoms with van der Waals surface area (Å²) >= 11 is 0. The smallest absolute Gasteiger partial charge is 0.224 e. The molecule has 138 valence electrons. The van der Waals surface area contributed by atoms with E-state index >= 15 is 0 Å². The molecule has 4 nitrogen and oxygen atoms in total. The lowest BCUT2D eigenvalue weighted by molar-refractivity contribution is -0.957. The first-order valence-electron chi connectivity index (χ1n) is 9.97. The van der Waals surface area contributed by atoms with Crippen LogP contribution < -0.4 is 15.0 Å². The van der Waals surface area contributed by atoms with E-state index in [1.165, 1.54) is 64.5 Å². The maximum Gasteiger partial charge on any atom is 0.224 e. The van der Waals surface area contributed by atoms with Gasteiger partial charge in [0.1, 0.15) is 11.3 Å². The van der Waals surface area contributed by atoms with Gasteiger partial charge in [0.05, 0.1) is 33.2 Å². The number of ether oxygens (including phenoxy) is 1. The van der Waals surface area contributed by atoms with Crippen molar-refractivity contribution in [2.45, 2.75) is 63.3 Å². The lowest BCUT2D eigenvalue weighted by atomic mass is 9.79. The van der Waals surface area contributed by atoms with Crippen LogP contribution in [0.1, 0.15) is 56.9 Å². The van der Waals surface area contributed by atoms with E-state index in [-0.39, 0.29) is 11.4 Å². The van der Waals surface area contributed by atoms with E-state index in [0.29, 0.717) is 6.42 Å². The Kier molecular flexibility index (Phi) is 6.35. The fourth-order valence-corrected chi connectivity index (χ4v) is 4.75. The minimum atomic E-state index is 0.117. The molecule has 3 rings (SSSR count). The Labute approximate surface area is 151 Å². The number of amides is 1. The van der Waals surface area contributed by atoms with E-state index in [0.717, 1.165) is 17.9 Å². The second kappa shape index (κ2) is 8.70. The van der Waals surface area contributed by atoms with E-state index in [9.17, 15) is 4.79 Å². The summed E-state index contributed by atoms with van der Waals surface area (Å²) in [6.07, 6.45) is 10.9. The van der Waals surface area contributed by atoms with Gasteiger partial charge < -0.3 is 15.0 Å². The van der Waals surface area contributed by atoms with Crippen molar-refractivity contribution in [3.63, 3.8) is 0 Å². The van der Waals surface area contributed by atoms with Crippen LogP contribution in [-0.4, -0.2) is 38.2 Å². The van der Waals surface area contributed by atoms with Crippen LogP contribution in [0.25, 0.3) is 0 Å². The molecule has 0 spiro atoms. The average molecular weight is 346 g/mol. The first-order valence-corrected chi connectivity index (χ1v) is 9.97. The third kappa shape index (κ3) is 4.55. The maximum absolute atomic E-state index is 12.6. The van der Waals surface area contributed by atoms with Crippen LogP contribution in [0.2, 0.25) is 0 Å². The number of carbonyl (C=O) groups is 1. The number of rotatable bonds is 6. The number of likely N-dealkylation sites (tertiary alicyclic amines) is 1. The van der Waals surface area contributed by atoms with Gasteiger partial charge >= 0.3 is 0 Å². The molecule has 1 aromatic carbocycles. The summed E-state index contributed by atoms with van der Waals surface area (Å²) in [4.78, 5) is 14.3. The van der Waals surface area contributed by atoms with Crippen molar-refractivity contribution in [1.82, 2.24) is 5.32 Å². The largest absolute Gasteiger partial charge is 0.496 e. The first-order chi connectivity index (χ1) is 12.2. The molecule has 0 aromatic heterocycles. The average Bonchev–Trinajstić information content (AvgIpc) is 2.68. The number of hydrogen-bond acceptors (Lipinski definition) is 2. The van der Waals surface area contributed by atoms with Crippen molar-refractivity contribution in [3.8, 4) is 5.75 Å². The fraction of sp³-hybridized carbons (Fsp3) is 0.667. The van der Waals surface area contributed by atoms with Gasteiger partial charge in [-0.25, -0.2) is 0 Å². The summed E-state index contributed by atoms with van der Waals surface area (Å²) in [6.45, 7) is 3.39. The third-order valence-corrected chi connectivity index (χ3v) is 6.19. The molecule has 25 heavy (non-hydrogen) atoms. The van der Waals surface area contributed by atoms with Crippen molar-refractivity contribution in [2.24, 2.45) is 0 Å². The van der Waals surface area contributed by atoms with Crippen molar-refractivity contribution in [3.05, 3.63) is 29.8 Å². The quantitative estimate of drug-likeness (QED) is 0.829. The van der Waals surface area contributed by atoms with Crippen LogP contribution >= 0.6 is 0 Å². The zero-order chi connectivity index (χ0) is 17.5. The first kappa shape index (κ1) is 18.2. The Hall–Kier alpha value is -1.55. The highest BCUT2D eigenvalue weighted by Gasteiger charge is 2.42. The number of para-hydroxylation sites is 1. The highest BCUT2D eigenvalue weighted by atomic mass is 16.5. The lowest BCUT2D eigenvalue weighted by Gasteiger charge is -2.45. The van der Waals surface area contributed by atoms with Crippen molar-refractivity contribution in [2.75, 3.05) is 26.7 Å². The van der Waals surface area contributed by atoms with Gasteiger partial charge in [0.25, 0.3) is 0 Å². The molecule has 1 aromatic rings. The Bertz CT molecular complexity index is 561. The Balaban J connectivity index is 1.61. The van der Waals surface area contributed by atoms with Gasteiger partial charge in [-0.1, -0.05) is 24.6 Å². The second-order valence-corrected chi connectivity index (χ2v) is 7.77. The van der Waals surface area contributed by atoms with Crippen LogP contribution in [0.15, 0.2) is 24.3 Å². The summed E-state index contributed by atoms with van der Waals surface area (Å²) < 4.78 is 5.37. The van der Waals surface area contributed by atoms with Gasteiger partial charge in [-0.2, -0.15) is 0 Å². The standard InChI is InChI=1S/C21H32N2O2/c1-25-19-11-5-4-10-18(19)16-20(24)22-17-21(12-6-2-7-13-21)23-14-8-3-9-15-23/h4-5,10-11H,2-3,6-9,12-17H2,1H3,(H,22,24)/p+1. The minimum Gasteiger partial charge on any atom is -0.496 e. The number of carbonyl (C=O) groups excluding carboxylic acids is 1. The van der Waals surface area contributed by atoms with Crippen molar-refractivity contribution >= 4 is 5.91 Å². The highest BCUT2D eigenvalue weighted by Crippen LogP contribution is 2.26. The van der Waals surface area contributed by atoms with Gasteiger partial charge in [-0.15, -0.1) is 0 Å². The maximum atomic E-state index is 12.6. The molecule has 1 heterocycles. The summed E-state index contributed by atoms with van der Waals surface area (Å²) in [5, 5.41) is 3.27. The van der Waals surface area contributed by atoms with E-state index in [2.05, 4.69) is 5.32 Å². The summed E-state index contributed by atoms with van der Waals surface area (Å²) in [5.74, 6) is 0.914. The van der Waals surface area contributed by atoms with Gasteiger partial charge in [-0.3, -0.25) is 4.79 Å². The Morgan fingerprint density at radius 2 is 1.76 bits per heavy atom. The number of quaternary nitrogens is 1. The van der Waals surface area contributed by atoms with Gasteiger partial charge in [-0.05, 0) is 38.2 Å².